The zero-order valence-corrected chi connectivity index (χ0v) is 9.93. The Morgan fingerprint density at radius 3 is 2.45 bits per heavy atom. The highest BCUT2D eigenvalue weighted by atomic mass is 19.1. The summed E-state index contributed by atoms with van der Waals surface area (Å²) < 4.78 is 26.5. The average Bonchev–Trinajstić information content (AvgIpc) is 2.40. The Labute approximate surface area is 111 Å². The molecule has 0 aliphatic carbocycles. The van der Waals surface area contributed by atoms with E-state index in [0.29, 0.717) is 0 Å². The Kier molecular flexibility index (Phi) is 3.69. The van der Waals surface area contributed by atoms with Crippen LogP contribution in [0.4, 0.5) is 14.5 Å². The smallest absolute Gasteiger partial charge is 0.337 e. The number of amides is 1. The molecule has 0 radical (unpaired) electrons. The first-order valence-corrected chi connectivity index (χ1v) is 5.45. The van der Waals surface area contributed by atoms with Gasteiger partial charge in [0.25, 0.3) is 5.91 Å². The van der Waals surface area contributed by atoms with Crippen molar-refractivity contribution in [3.8, 4) is 0 Å². The van der Waals surface area contributed by atoms with Crippen LogP contribution in [0.5, 0.6) is 0 Å². The fourth-order valence-electron chi connectivity index (χ4n) is 1.54. The lowest BCUT2D eigenvalue weighted by atomic mass is 10.1. The summed E-state index contributed by atoms with van der Waals surface area (Å²) in [6, 6.07) is 6.87. The Hall–Kier alpha value is -2.83. The summed E-state index contributed by atoms with van der Waals surface area (Å²) in [5.41, 5.74) is -1.18. The molecule has 0 unspecified atom stereocenters. The molecular weight excluding hydrogens is 270 g/mol. The molecule has 102 valence electrons. The molecule has 1 aromatic carbocycles. The molecule has 1 heterocycles. The number of aromatic carboxylic acids is 1. The van der Waals surface area contributed by atoms with Gasteiger partial charge in [-0.25, -0.2) is 14.2 Å². The van der Waals surface area contributed by atoms with Gasteiger partial charge in [-0.2, -0.15) is 4.39 Å². The lowest BCUT2D eigenvalue weighted by Crippen LogP contribution is -2.17. The minimum atomic E-state index is -1.40. The number of hydrogen-bond acceptors (Lipinski definition) is 3. The normalized spacial score (nSPS) is 10.1. The van der Waals surface area contributed by atoms with Crippen molar-refractivity contribution in [3.05, 3.63) is 59.4 Å². The van der Waals surface area contributed by atoms with E-state index in [1.165, 1.54) is 18.2 Å². The van der Waals surface area contributed by atoms with Crippen molar-refractivity contribution in [2.45, 2.75) is 0 Å². The molecule has 20 heavy (non-hydrogen) atoms. The van der Waals surface area contributed by atoms with Crippen molar-refractivity contribution in [1.82, 2.24) is 4.98 Å². The van der Waals surface area contributed by atoms with Crippen LogP contribution < -0.4 is 5.32 Å². The third-order valence-corrected chi connectivity index (χ3v) is 2.43. The van der Waals surface area contributed by atoms with E-state index >= 15 is 0 Å². The fraction of sp³-hybridized carbons (Fsp3) is 0. The highest BCUT2D eigenvalue weighted by Gasteiger charge is 2.18. The molecule has 1 amide bonds. The largest absolute Gasteiger partial charge is 0.478 e. The number of carboxylic acid groups (broad SMARTS) is 1. The zero-order chi connectivity index (χ0) is 14.7. The Bertz CT molecular complexity index is 689. The molecule has 5 nitrogen and oxygen atoms in total. The van der Waals surface area contributed by atoms with E-state index in [0.717, 1.165) is 18.2 Å². The van der Waals surface area contributed by atoms with E-state index in [1.54, 1.807) is 0 Å². The third kappa shape index (κ3) is 2.77. The number of carbonyl (C=O) groups excluding carboxylic acids is 1. The summed E-state index contributed by atoms with van der Waals surface area (Å²) >= 11 is 0. The van der Waals surface area contributed by atoms with Gasteiger partial charge in [0.2, 0.25) is 5.95 Å². The topological polar surface area (TPSA) is 79.3 Å². The van der Waals surface area contributed by atoms with E-state index in [1.807, 2.05) is 0 Å². The summed E-state index contributed by atoms with van der Waals surface area (Å²) in [6.07, 6.45) is 0. The number of para-hydroxylation sites is 1. The van der Waals surface area contributed by atoms with Gasteiger partial charge in [0.1, 0.15) is 11.5 Å². The molecule has 0 fully saturated rings. The third-order valence-electron chi connectivity index (χ3n) is 2.43. The van der Waals surface area contributed by atoms with E-state index in [9.17, 15) is 18.4 Å². The molecule has 2 N–H and O–H groups in total. The number of halogens is 2. The molecule has 0 saturated heterocycles. The second kappa shape index (κ2) is 5.43. The van der Waals surface area contributed by atoms with Gasteiger partial charge in [-0.15, -0.1) is 0 Å². The number of rotatable bonds is 3. The van der Waals surface area contributed by atoms with Crippen molar-refractivity contribution in [2.75, 3.05) is 5.32 Å². The van der Waals surface area contributed by atoms with Crippen LogP contribution in [-0.4, -0.2) is 22.0 Å². The van der Waals surface area contributed by atoms with E-state index in [-0.39, 0.29) is 5.69 Å². The molecule has 0 bridgehead atoms. The van der Waals surface area contributed by atoms with Crippen LogP contribution in [-0.2, 0) is 0 Å². The molecule has 0 aliphatic heterocycles. The summed E-state index contributed by atoms with van der Waals surface area (Å²) in [5.74, 6) is -4.08. The van der Waals surface area contributed by atoms with Crippen LogP contribution in [0.3, 0.4) is 0 Å². The number of nitrogens with zero attached hydrogens (tertiary/aromatic N) is 1. The summed E-state index contributed by atoms with van der Waals surface area (Å²) in [7, 11) is 0. The number of carbonyl (C=O) groups is 2. The Morgan fingerprint density at radius 1 is 1.10 bits per heavy atom. The predicted molar refractivity (Wildman–Crippen MR) is 65.5 cm³/mol. The van der Waals surface area contributed by atoms with Crippen molar-refractivity contribution >= 4 is 17.6 Å². The van der Waals surface area contributed by atoms with Gasteiger partial charge in [-0.1, -0.05) is 12.1 Å². The standard InChI is InChI=1S/C13H8F2N2O3/c14-8-4-1-3-7(13(19)20)11(8)17-12(18)9-5-2-6-10(15)16-9/h1-6H,(H,17,18)(H,19,20). The molecule has 0 aliphatic rings. The molecule has 2 rings (SSSR count). The van der Waals surface area contributed by atoms with E-state index < -0.39 is 34.9 Å². The van der Waals surface area contributed by atoms with Gasteiger partial charge in [0, 0.05) is 0 Å². The predicted octanol–water partition coefficient (Wildman–Crippen LogP) is 2.31. The van der Waals surface area contributed by atoms with E-state index in [4.69, 9.17) is 5.11 Å². The van der Waals surface area contributed by atoms with Crippen LogP contribution in [0.1, 0.15) is 20.8 Å². The first-order valence-electron chi connectivity index (χ1n) is 5.45. The SMILES string of the molecule is O=C(Nc1c(F)cccc1C(=O)O)c1cccc(F)n1. The molecule has 0 spiro atoms. The molecule has 1 aromatic heterocycles. The summed E-state index contributed by atoms with van der Waals surface area (Å²) in [6.45, 7) is 0. The maximum atomic E-state index is 13.6. The van der Waals surface area contributed by atoms with Gasteiger partial charge < -0.3 is 10.4 Å². The quantitative estimate of drug-likeness (QED) is 0.844. The maximum absolute atomic E-state index is 13.6. The number of benzene rings is 1. The second-order valence-corrected chi connectivity index (χ2v) is 3.77. The second-order valence-electron chi connectivity index (χ2n) is 3.77. The maximum Gasteiger partial charge on any atom is 0.337 e. The van der Waals surface area contributed by atoms with Gasteiger partial charge in [-0.05, 0) is 24.3 Å². The molecule has 2 aromatic rings. The van der Waals surface area contributed by atoms with Crippen LogP contribution >= 0.6 is 0 Å². The number of aromatic nitrogens is 1. The van der Waals surface area contributed by atoms with Crippen LogP contribution in [0.25, 0.3) is 0 Å². The van der Waals surface area contributed by atoms with E-state index in [2.05, 4.69) is 10.3 Å². The molecule has 0 atom stereocenters. The number of nitrogens with one attached hydrogen (secondary N) is 1. The number of anilines is 1. The molecular formula is C13H8F2N2O3. The molecule has 7 heteroatoms. The highest BCUT2D eigenvalue weighted by molar-refractivity contribution is 6.06. The first-order chi connectivity index (χ1) is 9.49. The van der Waals surface area contributed by atoms with Crippen LogP contribution in [0.15, 0.2) is 36.4 Å². The minimum absolute atomic E-state index is 0.287. The van der Waals surface area contributed by atoms with Crippen molar-refractivity contribution in [1.29, 1.82) is 0 Å². The Morgan fingerprint density at radius 2 is 1.80 bits per heavy atom. The van der Waals surface area contributed by atoms with Gasteiger partial charge in [0.15, 0.2) is 0 Å². The molecule has 0 saturated carbocycles. The van der Waals surface area contributed by atoms with Gasteiger partial charge in [-0.3, -0.25) is 4.79 Å². The lowest BCUT2D eigenvalue weighted by molar-refractivity contribution is 0.0697. The number of carboxylic acids is 1. The Balaban J connectivity index is 2.35. The first kappa shape index (κ1) is 13.6. The summed E-state index contributed by atoms with van der Waals surface area (Å²) in [4.78, 5) is 26.1. The minimum Gasteiger partial charge on any atom is -0.478 e. The van der Waals surface area contributed by atoms with Crippen LogP contribution in [0.2, 0.25) is 0 Å². The monoisotopic (exact) mass is 278 g/mol. The summed E-state index contributed by atoms with van der Waals surface area (Å²) in [5, 5.41) is 11.0. The lowest BCUT2D eigenvalue weighted by Gasteiger charge is -2.09. The van der Waals surface area contributed by atoms with Crippen molar-refractivity contribution in [2.24, 2.45) is 0 Å². The van der Waals surface area contributed by atoms with Gasteiger partial charge in [0.05, 0.1) is 11.3 Å². The van der Waals surface area contributed by atoms with Crippen molar-refractivity contribution in [3.63, 3.8) is 0 Å². The number of hydrogen-bond donors (Lipinski definition) is 2. The average molecular weight is 278 g/mol. The van der Waals surface area contributed by atoms with Crippen LogP contribution in [0, 0.1) is 11.8 Å². The zero-order valence-electron chi connectivity index (χ0n) is 9.93. The number of pyridine rings is 1. The fourth-order valence-corrected chi connectivity index (χ4v) is 1.54. The highest BCUT2D eigenvalue weighted by Crippen LogP contribution is 2.20. The van der Waals surface area contributed by atoms with Crippen molar-refractivity contribution < 1.29 is 23.5 Å². The van der Waals surface area contributed by atoms with Gasteiger partial charge >= 0.3 is 5.97 Å².